The number of rotatable bonds is 23. The zero-order valence-corrected chi connectivity index (χ0v) is 30.3. The van der Waals surface area contributed by atoms with E-state index in [9.17, 15) is 32.2 Å². The van der Waals surface area contributed by atoms with Crippen molar-refractivity contribution in [2.75, 3.05) is 54.5 Å². The summed E-state index contributed by atoms with van der Waals surface area (Å²) in [6.07, 6.45) is -3.15. The Hall–Kier alpha value is -1.56. The summed E-state index contributed by atoms with van der Waals surface area (Å²) in [4.78, 5) is 49.9. The van der Waals surface area contributed by atoms with Crippen LogP contribution in [-0.4, -0.2) is 114 Å². The van der Waals surface area contributed by atoms with Gasteiger partial charge in [-0.05, 0) is 25.0 Å². The summed E-state index contributed by atoms with van der Waals surface area (Å²) in [5, 5.41) is 8.32. The van der Waals surface area contributed by atoms with Crippen LogP contribution < -0.4 is 16.4 Å². The van der Waals surface area contributed by atoms with Gasteiger partial charge in [-0.3, -0.25) is 23.8 Å². The van der Waals surface area contributed by atoms with E-state index >= 15 is 0 Å². The fraction of sp³-hybridized carbons (Fsp3) is 0.615. The monoisotopic (exact) mass is 785 g/mol. The largest absolute Gasteiger partial charge is 0.480 e. The van der Waals surface area contributed by atoms with Gasteiger partial charge in [0.1, 0.15) is 6.04 Å². The smallest absolute Gasteiger partial charge is 0.360 e. The van der Waals surface area contributed by atoms with Crippen LogP contribution in [0.25, 0.3) is 0 Å². The first-order valence-corrected chi connectivity index (χ1v) is 19.4. The molecule has 15 nitrogen and oxygen atoms in total. The zero-order chi connectivity index (χ0) is 35.8. The Kier molecular flexibility index (Phi) is 19.9. The van der Waals surface area contributed by atoms with Crippen LogP contribution in [-0.2, 0) is 42.6 Å². The van der Waals surface area contributed by atoms with E-state index in [0.29, 0.717) is 6.42 Å². The molecule has 3 unspecified atom stereocenters. The van der Waals surface area contributed by atoms with Crippen molar-refractivity contribution in [3.05, 3.63) is 30.3 Å². The lowest BCUT2D eigenvalue weighted by molar-refractivity contribution is -0.161. The summed E-state index contributed by atoms with van der Waals surface area (Å²) >= 11 is 24.1. The zero-order valence-electron chi connectivity index (χ0n) is 25.6. The van der Waals surface area contributed by atoms with Crippen molar-refractivity contribution in [1.82, 2.24) is 9.34 Å². The molecule has 1 aromatic rings. The molecule has 0 bridgehead atoms. The average Bonchev–Trinajstić information content (AvgIpc) is 3.02. The third-order valence-electron chi connectivity index (χ3n) is 6.38. The molecule has 21 heteroatoms. The average molecular weight is 787 g/mol. The van der Waals surface area contributed by atoms with E-state index in [2.05, 4.69) is 4.74 Å². The number of benzene rings is 1. The molecular weight excluding hydrogens is 747 g/mol. The number of carboxylic acids is 1. The molecule has 0 radical (unpaired) electrons. The maximum Gasteiger partial charge on any atom is 0.360 e. The second-order valence-electron chi connectivity index (χ2n) is 9.84. The van der Waals surface area contributed by atoms with Crippen molar-refractivity contribution < 1.29 is 46.0 Å². The number of nitrogens with zero attached hydrogens (tertiary/aromatic N) is 3. The van der Waals surface area contributed by atoms with Crippen molar-refractivity contribution in [2.45, 2.75) is 50.2 Å². The van der Waals surface area contributed by atoms with Gasteiger partial charge in [0.15, 0.2) is 6.17 Å². The second kappa shape index (κ2) is 21.5. The molecule has 0 aliphatic rings. The Balaban J connectivity index is 3.29. The van der Waals surface area contributed by atoms with Crippen LogP contribution in [0, 0.1) is 0 Å². The number of carbonyl (C=O) groups is 4. The second-order valence-corrected chi connectivity index (χ2v) is 15.8. The van der Waals surface area contributed by atoms with Crippen LogP contribution in [0.1, 0.15) is 32.6 Å². The Bertz CT molecular complexity index is 1330. The topological polar surface area (TPSA) is 220 Å². The van der Waals surface area contributed by atoms with Crippen molar-refractivity contribution in [2.24, 2.45) is 11.5 Å². The van der Waals surface area contributed by atoms with Crippen LogP contribution in [0.5, 0.6) is 0 Å². The molecule has 0 saturated heterocycles. The fourth-order valence-corrected chi connectivity index (χ4v) is 9.61. The summed E-state index contributed by atoms with van der Waals surface area (Å²) in [7, 11) is -9.22. The molecule has 0 saturated carbocycles. The number of carboxylic acid groups (broad SMARTS) is 1. The maximum atomic E-state index is 14.5. The van der Waals surface area contributed by atoms with Gasteiger partial charge in [0.05, 0.1) is 5.75 Å². The molecule has 0 spiro atoms. The van der Waals surface area contributed by atoms with Crippen LogP contribution in [0.4, 0.5) is 5.69 Å². The number of halogens is 4. The summed E-state index contributed by atoms with van der Waals surface area (Å²) in [6, 6.07) is 6.04. The minimum Gasteiger partial charge on any atom is -0.480 e. The third-order valence-corrected chi connectivity index (χ3v) is 11.9. The standard InChI is InChI=1S/C26H40Cl4N5O10PS/c1-2-19(30)18-34(16-13-29)46(41,33(14-11-27)15-12-28)45-47(42,43)17-10-22(36)35(20-6-4-3-5-7-20)24(32)26(40)44-23(37)9-8-21(31)25(38)39/h3-7,19,21,24H,2,8-18,31-32H2,1H3,(H,38,39)/t19-,21?,24?,46?/m1/s1. The van der Waals surface area contributed by atoms with E-state index in [4.69, 9.17) is 66.9 Å². The summed E-state index contributed by atoms with van der Waals surface area (Å²) in [6.45, 7) is 1.51. The normalized spacial score (nSPS) is 15.1. The maximum absolute atomic E-state index is 14.5. The molecule has 0 fully saturated rings. The lowest BCUT2D eigenvalue weighted by Crippen LogP contribution is -2.52. The number of esters is 2. The number of ether oxygens (including phenoxy) is 1. The minimum atomic E-state index is -4.76. The molecule has 0 aromatic heterocycles. The number of hydrogen-bond donors (Lipinski definition) is 3. The Labute approximate surface area is 294 Å². The molecule has 0 heterocycles. The summed E-state index contributed by atoms with van der Waals surface area (Å²) in [5.41, 5.74) is 11.4. The number of carbonyl (C=O) groups excluding carboxylic acids is 3. The fourth-order valence-electron chi connectivity index (χ4n) is 3.90. The van der Waals surface area contributed by atoms with E-state index in [1.807, 2.05) is 0 Å². The number of amides is 1. The Morgan fingerprint density at radius 1 is 0.957 bits per heavy atom. The van der Waals surface area contributed by atoms with Gasteiger partial charge in [-0.1, -0.05) is 25.1 Å². The van der Waals surface area contributed by atoms with Crippen molar-refractivity contribution in [3.63, 3.8) is 0 Å². The van der Waals surface area contributed by atoms with E-state index in [0.717, 1.165) is 4.90 Å². The molecule has 0 aliphatic heterocycles. The first kappa shape index (κ1) is 43.5. The van der Waals surface area contributed by atoms with Crippen LogP contribution >= 0.6 is 54.1 Å². The Morgan fingerprint density at radius 2 is 1.51 bits per heavy atom. The molecule has 1 amide bonds. The molecule has 268 valence electrons. The van der Waals surface area contributed by atoms with Crippen LogP contribution in [0.2, 0.25) is 0 Å². The highest BCUT2D eigenvalue weighted by molar-refractivity contribution is 7.91. The van der Waals surface area contributed by atoms with Gasteiger partial charge < -0.3 is 21.3 Å². The molecule has 47 heavy (non-hydrogen) atoms. The van der Waals surface area contributed by atoms with Gasteiger partial charge in [-0.25, -0.2) is 14.1 Å². The predicted octanol–water partition coefficient (Wildman–Crippen LogP) is 2.75. The first-order valence-electron chi connectivity index (χ1n) is 14.3. The van der Waals surface area contributed by atoms with E-state index in [1.165, 1.54) is 33.6 Å². The lowest BCUT2D eigenvalue weighted by Gasteiger charge is -2.37. The van der Waals surface area contributed by atoms with E-state index in [-0.39, 0.29) is 55.9 Å². The summed E-state index contributed by atoms with van der Waals surface area (Å²) < 4.78 is 53.6. The van der Waals surface area contributed by atoms with Crippen LogP contribution in [0.15, 0.2) is 30.3 Å². The SMILES string of the molecule is CC[C@@H](Cl)CN(CCCl)P(=O)(OS(=O)(=O)CCC(=O)N(c1ccccc1)C(N)C(=O)OC(=O)CCC(N)C(=O)O)N(CCCl)CCCl. The van der Waals surface area contributed by atoms with Gasteiger partial charge in [0, 0.05) is 67.7 Å². The number of para-hydroxylation sites is 1. The van der Waals surface area contributed by atoms with Gasteiger partial charge in [-0.2, -0.15) is 12.4 Å². The van der Waals surface area contributed by atoms with Crippen molar-refractivity contribution >= 4 is 93.7 Å². The third kappa shape index (κ3) is 14.4. The molecular formula is C26H40Cl4N5O10PS. The van der Waals surface area contributed by atoms with E-state index < -0.39 is 77.8 Å². The number of hydrogen-bond acceptors (Lipinski definition) is 11. The molecule has 0 aliphatic carbocycles. The highest BCUT2D eigenvalue weighted by Crippen LogP contribution is 2.56. The van der Waals surface area contributed by atoms with Crippen molar-refractivity contribution in [3.8, 4) is 0 Å². The quantitative estimate of drug-likeness (QED) is 0.0478. The number of alkyl halides is 4. The highest BCUT2D eigenvalue weighted by Gasteiger charge is 2.43. The number of nitrogens with two attached hydrogens (primary N) is 2. The van der Waals surface area contributed by atoms with E-state index in [1.54, 1.807) is 13.0 Å². The minimum absolute atomic E-state index is 0.0511. The molecule has 5 N–H and O–H groups in total. The first-order chi connectivity index (χ1) is 22.1. The number of anilines is 1. The highest BCUT2D eigenvalue weighted by atomic mass is 35.5. The van der Waals surface area contributed by atoms with Gasteiger partial charge in [0.25, 0.3) is 10.1 Å². The van der Waals surface area contributed by atoms with Gasteiger partial charge in [-0.15, -0.1) is 46.4 Å². The predicted molar refractivity (Wildman–Crippen MR) is 180 cm³/mol. The summed E-state index contributed by atoms with van der Waals surface area (Å²) in [5.74, 6) is -6.03. The molecule has 1 aromatic carbocycles. The molecule has 4 atom stereocenters. The van der Waals surface area contributed by atoms with Crippen molar-refractivity contribution in [1.29, 1.82) is 0 Å². The van der Waals surface area contributed by atoms with Gasteiger partial charge >= 0.3 is 25.6 Å². The Morgan fingerprint density at radius 3 is 2.02 bits per heavy atom. The van der Waals surface area contributed by atoms with Crippen LogP contribution in [0.3, 0.4) is 0 Å². The lowest BCUT2D eigenvalue weighted by atomic mass is 10.2. The van der Waals surface area contributed by atoms with Gasteiger partial charge in [0.2, 0.25) is 5.91 Å². The number of aliphatic carboxylic acids is 1. The molecule has 1 rings (SSSR count).